The van der Waals surface area contributed by atoms with Crippen LogP contribution in [-0.2, 0) is 5.75 Å². The molecule has 1 aromatic heterocycles. The molecule has 0 saturated heterocycles. The summed E-state index contributed by atoms with van der Waals surface area (Å²) in [4.78, 5) is 15.0. The quantitative estimate of drug-likeness (QED) is 0.802. The summed E-state index contributed by atoms with van der Waals surface area (Å²) in [6.45, 7) is 0.160. The number of aliphatic hydroxyl groups excluding tert-OH is 1. The van der Waals surface area contributed by atoms with Gasteiger partial charge >= 0.3 is 5.97 Å². The van der Waals surface area contributed by atoms with Gasteiger partial charge in [0.2, 0.25) is 0 Å². The molecule has 0 aliphatic carbocycles. The molecule has 0 aliphatic rings. The predicted molar refractivity (Wildman–Crippen MR) is 77.8 cm³/mol. The van der Waals surface area contributed by atoms with Gasteiger partial charge in [-0.2, -0.15) is 11.8 Å². The van der Waals surface area contributed by atoms with E-state index in [9.17, 15) is 4.79 Å². The second-order valence-electron chi connectivity index (χ2n) is 3.78. The van der Waals surface area contributed by atoms with Crippen LogP contribution in [0, 0.1) is 0 Å². The lowest BCUT2D eigenvalue weighted by Gasteiger charge is -2.06. The van der Waals surface area contributed by atoms with Crippen molar-refractivity contribution >= 4 is 29.1 Å². The molecule has 0 unspecified atom stereocenters. The largest absolute Gasteiger partial charge is 0.476 e. The van der Waals surface area contributed by atoms with Gasteiger partial charge in [-0.1, -0.05) is 24.3 Å². The third-order valence-electron chi connectivity index (χ3n) is 2.46. The number of rotatable bonds is 6. The topological polar surface area (TPSA) is 70.4 Å². The first-order chi connectivity index (χ1) is 9.22. The van der Waals surface area contributed by atoms with E-state index >= 15 is 0 Å². The molecule has 100 valence electrons. The van der Waals surface area contributed by atoms with Gasteiger partial charge < -0.3 is 10.2 Å². The Hall–Kier alpha value is -1.37. The van der Waals surface area contributed by atoms with Crippen LogP contribution < -0.4 is 0 Å². The Labute approximate surface area is 119 Å². The van der Waals surface area contributed by atoms with Crippen LogP contribution in [0.15, 0.2) is 29.6 Å². The highest BCUT2D eigenvalue weighted by molar-refractivity contribution is 7.98. The van der Waals surface area contributed by atoms with E-state index in [0.29, 0.717) is 5.75 Å². The molecular weight excluding hydrogens is 282 g/mol. The summed E-state index contributed by atoms with van der Waals surface area (Å²) in [5.74, 6) is 0.459. The van der Waals surface area contributed by atoms with E-state index in [2.05, 4.69) is 4.98 Å². The fourth-order valence-corrected chi connectivity index (χ4v) is 3.20. The predicted octanol–water partition coefficient (Wildman–Crippen LogP) is 2.73. The van der Waals surface area contributed by atoms with Crippen LogP contribution in [0.3, 0.4) is 0 Å². The molecule has 19 heavy (non-hydrogen) atoms. The fraction of sp³-hybridized carbons (Fsp3) is 0.231. The van der Waals surface area contributed by atoms with Crippen molar-refractivity contribution in [2.24, 2.45) is 0 Å². The Morgan fingerprint density at radius 1 is 1.37 bits per heavy atom. The summed E-state index contributed by atoms with van der Waals surface area (Å²) in [6, 6.07) is 7.81. The maximum atomic E-state index is 10.9. The average Bonchev–Trinajstić information content (AvgIpc) is 2.89. The van der Waals surface area contributed by atoms with Crippen molar-refractivity contribution in [1.29, 1.82) is 0 Å². The van der Waals surface area contributed by atoms with E-state index in [0.717, 1.165) is 21.9 Å². The van der Waals surface area contributed by atoms with Crippen molar-refractivity contribution < 1.29 is 15.0 Å². The molecule has 0 bridgehead atoms. The van der Waals surface area contributed by atoms with Gasteiger partial charge in [-0.05, 0) is 5.56 Å². The highest BCUT2D eigenvalue weighted by Crippen LogP contribution is 2.29. The summed E-state index contributed by atoms with van der Waals surface area (Å²) in [7, 11) is 0. The Morgan fingerprint density at radius 3 is 2.84 bits per heavy atom. The molecule has 1 aromatic carbocycles. The highest BCUT2D eigenvalue weighted by atomic mass is 32.2. The Kier molecular flexibility index (Phi) is 4.95. The molecule has 0 saturated carbocycles. The number of aromatic carboxylic acids is 1. The zero-order valence-electron chi connectivity index (χ0n) is 10.1. The molecular formula is C13H13NO3S2. The van der Waals surface area contributed by atoms with E-state index in [1.165, 1.54) is 11.3 Å². The molecule has 6 heteroatoms. The third-order valence-corrected chi connectivity index (χ3v) is 4.33. The molecule has 0 radical (unpaired) electrons. The maximum absolute atomic E-state index is 10.9. The molecule has 0 atom stereocenters. The van der Waals surface area contributed by atoms with E-state index in [4.69, 9.17) is 10.2 Å². The fourth-order valence-electron chi connectivity index (χ4n) is 1.60. The lowest BCUT2D eigenvalue weighted by atomic mass is 10.1. The van der Waals surface area contributed by atoms with Gasteiger partial charge in [0.25, 0.3) is 0 Å². The van der Waals surface area contributed by atoms with E-state index in [1.807, 2.05) is 24.3 Å². The van der Waals surface area contributed by atoms with Crippen LogP contribution in [0.4, 0.5) is 0 Å². The van der Waals surface area contributed by atoms with Crippen molar-refractivity contribution in [3.8, 4) is 10.6 Å². The molecule has 0 fully saturated rings. The van der Waals surface area contributed by atoms with Crippen LogP contribution in [-0.4, -0.2) is 33.5 Å². The van der Waals surface area contributed by atoms with Gasteiger partial charge in [0.15, 0.2) is 5.69 Å². The van der Waals surface area contributed by atoms with Crippen molar-refractivity contribution in [2.45, 2.75) is 5.75 Å². The first kappa shape index (κ1) is 14.0. The molecule has 2 rings (SSSR count). The third kappa shape index (κ3) is 3.56. The van der Waals surface area contributed by atoms with Crippen LogP contribution in [0.25, 0.3) is 10.6 Å². The lowest BCUT2D eigenvalue weighted by Crippen LogP contribution is -1.96. The minimum absolute atomic E-state index is 0.0813. The monoisotopic (exact) mass is 295 g/mol. The number of aromatic nitrogens is 1. The highest BCUT2D eigenvalue weighted by Gasteiger charge is 2.12. The lowest BCUT2D eigenvalue weighted by molar-refractivity contribution is 0.0691. The van der Waals surface area contributed by atoms with Crippen LogP contribution in [0.5, 0.6) is 0 Å². The van der Waals surface area contributed by atoms with Crippen molar-refractivity contribution in [2.75, 3.05) is 12.4 Å². The van der Waals surface area contributed by atoms with Crippen LogP contribution in [0.2, 0.25) is 0 Å². The van der Waals surface area contributed by atoms with Crippen molar-refractivity contribution in [3.63, 3.8) is 0 Å². The number of hydrogen-bond donors (Lipinski definition) is 2. The zero-order valence-corrected chi connectivity index (χ0v) is 11.7. The Morgan fingerprint density at radius 2 is 2.16 bits per heavy atom. The standard InChI is InChI=1S/C13H13NO3S2/c15-5-6-18-7-9-3-1-2-4-10(9)12-14-11(8-19-12)13(16)17/h1-4,8,15H,5-7H2,(H,16,17). The first-order valence-corrected chi connectivity index (χ1v) is 7.71. The second-order valence-corrected chi connectivity index (χ2v) is 5.74. The first-order valence-electron chi connectivity index (χ1n) is 5.68. The molecule has 0 spiro atoms. The summed E-state index contributed by atoms with van der Waals surface area (Å²) >= 11 is 2.97. The molecule has 2 aromatic rings. The summed E-state index contributed by atoms with van der Waals surface area (Å²) < 4.78 is 0. The molecule has 2 N–H and O–H groups in total. The molecule has 0 aliphatic heterocycles. The number of nitrogens with zero attached hydrogens (tertiary/aromatic N) is 1. The van der Waals surface area contributed by atoms with E-state index in [-0.39, 0.29) is 12.3 Å². The molecule has 1 heterocycles. The number of carbonyl (C=O) groups is 1. The SMILES string of the molecule is O=C(O)c1csc(-c2ccccc2CSCCO)n1. The number of benzene rings is 1. The number of carboxylic acids is 1. The van der Waals surface area contributed by atoms with Crippen LogP contribution >= 0.6 is 23.1 Å². The number of thiazole rings is 1. The number of aliphatic hydroxyl groups is 1. The van der Waals surface area contributed by atoms with E-state index < -0.39 is 5.97 Å². The van der Waals surface area contributed by atoms with Gasteiger partial charge in [0.1, 0.15) is 5.01 Å². The second kappa shape index (κ2) is 6.70. The zero-order chi connectivity index (χ0) is 13.7. The average molecular weight is 295 g/mol. The van der Waals surface area contributed by atoms with Crippen molar-refractivity contribution in [3.05, 3.63) is 40.9 Å². The van der Waals surface area contributed by atoms with Crippen LogP contribution in [0.1, 0.15) is 16.1 Å². The van der Waals surface area contributed by atoms with E-state index in [1.54, 1.807) is 17.1 Å². The van der Waals surface area contributed by atoms with Gasteiger partial charge in [-0.25, -0.2) is 9.78 Å². The maximum Gasteiger partial charge on any atom is 0.355 e. The number of carboxylic acid groups (broad SMARTS) is 1. The smallest absolute Gasteiger partial charge is 0.355 e. The Bertz CT molecular complexity index is 569. The normalized spacial score (nSPS) is 10.6. The molecule has 0 amide bonds. The molecule has 4 nitrogen and oxygen atoms in total. The minimum Gasteiger partial charge on any atom is -0.476 e. The number of thioether (sulfide) groups is 1. The summed E-state index contributed by atoms with van der Waals surface area (Å²) in [6.07, 6.45) is 0. The Balaban J connectivity index is 2.25. The van der Waals surface area contributed by atoms with Crippen molar-refractivity contribution in [1.82, 2.24) is 4.98 Å². The summed E-state index contributed by atoms with van der Waals surface area (Å²) in [5, 5.41) is 20.0. The van der Waals surface area contributed by atoms with Gasteiger partial charge in [0.05, 0.1) is 6.61 Å². The van der Waals surface area contributed by atoms with Gasteiger partial charge in [-0.3, -0.25) is 0 Å². The van der Waals surface area contributed by atoms with Gasteiger partial charge in [-0.15, -0.1) is 11.3 Å². The minimum atomic E-state index is -1.00. The van der Waals surface area contributed by atoms with Gasteiger partial charge in [0, 0.05) is 22.4 Å². The number of hydrogen-bond acceptors (Lipinski definition) is 5. The summed E-state index contributed by atoms with van der Waals surface area (Å²) in [5.41, 5.74) is 2.15.